The van der Waals surface area contributed by atoms with E-state index in [1.807, 2.05) is 30.3 Å². The number of rotatable bonds is 3. The van der Waals surface area contributed by atoms with Crippen LogP contribution in [0.3, 0.4) is 0 Å². The molecule has 9 heteroatoms. The van der Waals surface area contributed by atoms with Crippen molar-refractivity contribution < 1.29 is 14.4 Å². The predicted octanol–water partition coefficient (Wildman–Crippen LogP) is -1.18. The second-order valence-electron chi connectivity index (χ2n) is 4.07. The van der Waals surface area contributed by atoms with Crippen LogP contribution < -0.4 is 16.4 Å². The molecule has 1 saturated heterocycles. The van der Waals surface area contributed by atoms with Crippen LogP contribution in [0.4, 0.5) is 0 Å². The van der Waals surface area contributed by atoms with E-state index in [4.69, 9.17) is 18.0 Å². The summed E-state index contributed by atoms with van der Waals surface area (Å²) in [6, 6.07) is 9.21. The van der Waals surface area contributed by atoms with Crippen molar-refractivity contribution in [3.05, 3.63) is 35.9 Å². The molecule has 0 unspecified atom stereocenters. The van der Waals surface area contributed by atoms with E-state index in [-0.39, 0.29) is 17.6 Å². The van der Waals surface area contributed by atoms with E-state index < -0.39 is 17.6 Å². The third-order valence-electron chi connectivity index (χ3n) is 2.53. The molecule has 0 radical (unpaired) electrons. The van der Waals surface area contributed by atoms with E-state index in [9.17, 15) is 14.4 Å². The molecule has 0 atom stereocenters. The first-order valence-electron chi connectivity index (χ1n) is 5.83. The summed E-state index contributed by atoms with van der Waals surface area (Å²) in [4.78, 5) is 33.5. The average Bonchev–Trinajstić information content (AvgIpc) is 2.45. The standard InChI is InChI=1S/C12H11N5O3S/c13-11(21)17(6-7-4-2-1-3-5-7)16-12-14-9(19)8(18)10(20)15-12/h1-5H,6H2,(H2,13,21)(H2,14,15,16,19,20). The lowest BCUT2D eigenvalue weighted by Crippen LogP contribution is -2.57. The van der Waals surface area contributed by atoms with Crippen molar-refractivity contribution in [1.29, 1.82) is 0 Å². The van der Waals surface area contributed by atoms with E-state index in [0.29, 0.717) is 0 Å². The second kappa shape index (κ2) is 6.09. The van der Waals surface area contributed by atoms with Gasteiger partial charge in [-0.15, -0.1) is 5.10 Å². The molecule has 0 bridgehead atoms. The molecule has 1 fully saturated rings. The number of hydrazone groups is 1. The zero-order chi connectivity index (χ0) is 15.4. The Bertz CT molecular complexity index is 622. The Morgan fingerprint density at radius 3 is 2.24 bits per heavy atom. The molecule has 0 spiro atoms. The average molecular weight is 305 g/mol. The van der Waals surface area contributed by atoms with Gasteiger partial charge < -0.3 is 5.73 Å². The molecule has 0 aromatic heterocycles. The van der Waals surface area contributed by atoms with Crippen LogP contribution in [0.25, 0.3) is 0 Å². The lowest BCUT2D eigenvalue weighted by atomic mass is 10.2. The first-order chi connectivity index (χ1) is 9.97. The van der Waals surface area contributed by atoms with Gasteiger partial charge in [-0.3, -0.25) is 25.0 Å². The Hall–Kier alpha value is -2.81. The van der Waals surface area contributed by atoms with Crippen molar-refractivity contribution in [3.8, 4) is 0 Å². The lowest BCUT2D eigenvalue weighted by Gasteiger charge is -2.20. The van der Waals surface area contributed by atoms with Gasteiger partial charge in [-0.2, -0.15) is 0 Å². The number of nitrogens with two attached hydrogens (primary N) is 1. The number of Topliss-reactive ketones (excluding diaryl/α,β-unsaturated/α-hetero) is 1. The van der Waals surface area contributed by atoms with Gasteiger partial charge in [0.25, 0.3) is 0 Å². The van der Waals surface area contributed by atoms with Gasteiger partial charge in [-0.05, 0) is 17.8 Å². The van der Waals surface area contributed by atoms with Crippen LogP contribution in [0.2, 0.25) is 0 Å². The second-order valence-corrected chi connectivity index (χ2v) is 4.49. The van der Waals surface area contributed by atoms with E-state index in [0.717, 1.165) is 5.56 Å². The van der Waals surface area contributed by atoms with Gasteiger partial charge in [-0.1, -0.05) is 30.3 Å². The van der Waals surface area contributed by atoms with Gasteiger partial charge in [0.2, 0.25) is 5.96 Å². The number of nitrogens with zero attached hydrogens (tertiary/aromatic N) is 2. The topological polar surface area (TPSA) is 117 Å². The molecular weight excluding hydrogens is 294 g/mol. The summed E-state index contributed by atoms with van der Waals surface area (Å²) in [5.74, 6) is -3.49. The summed E-state index contributed by atoms with van der Waals surface area (Å²) in [6.45, 7) is 0.249. The van der Waals surface area contributed by atoms with Gasteiger partial charge >= 0.3 is 17.6 Å². The molecule has 1 heterocycles. The summed E-state index contributed by atoms with van der Waals surface area (Å²) in [5, 5.41) is 9.38. The number of thiocarbonyl (C=S) groups is 1. The molecule has 1 aromatic rings. The number of carbonyl (C=O) groups is 3. The molecule has 0 saturated carbocycles. The summed E-state index contributed by atoms with van der Waals surface area (Å²) in [7, 11) is 0. The smallest absolute Gasteiger partial charge is 0.308 e. The van der Waals surface area contributed by atoms with Gasteiger partial charge in [0.05, 0.1) is 6.54 Å². The highest BCUT2D eigenvalue weighted by Crippen LogP contribution is 2.05. The highest BCUT2D eigenvalue weighted by atomic mass is 32.1. The molecule has 2 rings (SSSR count). The maximum absolute atomic E-state index is 11.2. The number of benzene rings is 1. The Kier molecular flexibility index (Phi) is 4.24. The fourth-order valence-corrected chi connectivity index (χ4v) is 1.66. The maximum Gasteiger partial charge on any atom is 0.308 e. The normalized spacial score (nSPS) is 14.3. The van der Waals surface area contributed by atoms with E-state index in [2.05, 4.69) is 15.7 Å². The number of nitrogens with one attached hydrogen (secondary N) is 2. The fraction of sp³-hybridized carbons (Fsp3) is 0.0833. The van der Waals surface area contributed by atoms with Crippen LogP contribution >= 0.6 is 12.2 Å². The molecule has 1 aromatic carbocycles. The van der Waals surface area contributed by atoms with Crippen LogP contribution in [-0.2, 0) is 20.9 Å². The molecule has 1 aliphatic heterocycles. The van der Waals surface area contributed by atoms with Gasteiger partial charge in [0, 0.05) is 0 Å². The largest absolute Gasteiger partial charge is 0.375 e. The number of amides is 2. The minimum Gasteiger partial charge on any atom is -0.375 e. The number of hydrogen-bond acceptors (Lipinski definition) is 5. The molecular formula is C12H11N5O3S. The van der Waals surface area contributed by atoms with Crippen molar-refractivity contribution in [2.24, 2.45) is 10.8 Å². The number of carbonyl (C=O) groups excluding carboxylic acids is 3. The molecule has 0 aliphatic carbocycles. The van der Waals surface area contributed by atoms with Crippen molar-refractivity contribution in [2.45, 2.75) is 6.54 Å². The van der Waals surface area contributed by atoms with E-state index in [1.165, 1.54) is 5.01 Å². The summed E-state index contributed by atoms with van der Waals surface area (Å²) in [6.07, 6.45) is 0. The lowest BCUT2D eigenvalue weighted by molar-refractivity contribution is -0.145. The third-order valence-corrected chi connectivity index (χ3v) is 2.74. The quantitative estimate of drug-likeness (QED) is 0.367. The number of ketones is 1. The minimum absolute atomic E-state index is 0.0493. The van der Waals surface area contributed by atoms with Crippen LogP contribution in [0, 0.1) is 0 Å². The zero-order valence-electron chi connectivity index (χ0n) is 10.7. The Balaban J connectivity index is 2.18. The molecule has 1 aliphatic rings. The summed E-state index contributed by atoms with van der Waals surface area (Å²) >= 11 is 4.87. The van der Waals surface area contributed by atoms with Gasteiger partial charge in [-0.25, -0.2) is 5.01 Å². The number of guanidine groups is 1. The zero-order valence-corrected chi connectivity index (χ0v) is 11.5. The molecule has 108 valence electrons. The monoisotopic (exact) mass is 305 g/mol. The van der Waals surface area contributed by atoms with Crippen molar-refractivity contribution in [1.82, 2.24) is 15.6 Å². The SMILES string of the molecule is NC(=S)N(Cc1ccccc1)N=C1NC(=O)C(=O)C(=O)N1. The van der Waals surface area contributed by atoms with Gasteiger partial charge in [0.15, 0.2) is 5.11 Å². The van der Waals surface area contributed by atoms with E-state index >= 15 is 0 Å². The van der Waals surface area contributed by atoms with Crippen LogP contribution in [-0.4, -0.2) is 33.7 Å². The Morgan fingerprint density at radius 2 is 1.71 bits per heavy atom. The first-order valence-corrected chi connectivity index (χ1v) is 6.24. The molecule has 21 heavy (non-hydrogen) atoms. The van der Waals surface area contributed by atoms with Crippen LogP contribution in [0.1, 0.15) is 5.56 Å². The van der Waals surface area contributed by atoms with Gasteiger partial charge in [0.1, 0.15) is 0 Å². The molecule has 8 nitrogen and oxygen atoms in total. The summed E-state index contributed by atoms with van der Waals surface area (Å²) in [5.41, 5.74) is 6.43. The Morgan fingerprint density at radius 1 is 1.14 bits per heavy atom. The molecule has 4 N–H and O–H groups in total. The fourth-order valence-electron chi connectivity index (χ4n) is 1.55. The summed E-state index contributed by atoms with van der Waals surface area (Å²) < 4.78 is 0. The predicted molar refractivity (Wildman–Crippen MR) is 77.5 cm³/mol. The Labute approximate surface area is 125 Å². The highest BCUT2D eigenvalue weighted by Gasteiger charge is 2.31. The van der Waals surface area contributed by atoms with Crippen LogP contribution in [0.5, 0.6) is 0 Å². The van der Waals surface area contributed by atoms with Crippen LogP contribution in [0.15, 0.2) is 35.4 Å². The van der Waals surface area contributed by atoms with Crippen molar-refractivity contribution in [2.75, 3.05) is 0 Å². The third kappa shape index (κ3) is 3.60. The highest BCUT2D eigenvalue weighted by molar-refractivity contribution is 7.80. The van der Waals surface area contributed by atoms with Crippen molar-refractivity contribution in [3.63, 3.8) is 0 Å². The molecule has 2 amide bonds. The minimum atomic E-state index is -1.18. The maximum atomic E-state index is 11.2. The van der Waals surface area contributed by atoms with Crippen molar-refractivity contribution >= 4 is 40.9 Å². The van der Waals surface area contributed by atoms with E-state index in [1.54, 1.807) is 0 Å². The number of hydrogen-bond donors (Lipinski definition) is 3. The first kappa shape index (κ1) is 14.6.